The fourth-order valence-corrected chi connectivity index (χ4v) is 4.54. The van der Waals surface area contributed by atoms with Gasteiger partial charge in [0.25, 0.3) is 5.92 Å². The molecule has 0 aromatic heterocycles. The Morgan fingerprint density at radius 1 is 1.11 bits per heavy atom. The maximum absolute atomic E-state index is 14.8. The van der Waals surface area contributed by atoms with E-state index in [1.165, 1.54) is 44.6 Å². The Bertz CT molecular complexity index is 1150. The molecule has 0 bridgehead atoms. The minimum absolute atomic E-state index is 0.0253. The molecular weight excluding hydrogens is 500 g/mol. The summed E-state index contributed by atoms with van der Waals surface area (Å²) in [5.74, 6) is -4.02. The summed E-state index contributed by atoms with van der Waals surface area (Å²) in [7, 11) is 2.74. The monoisotopic (exact) mass is 527 g/mol. The van der Waals surface area contributed by atoms with Gasteiger partial charge in [-0.05, 0) is 57.0 Å². The van der Waals surface area contributed by atoms with Crippen LogP contribution < -0.4 is 4.74 Å². The predicted octanol–water partition coefficient (Wildman–Crippen LogP) is 6.02. The van der Waals surface area contributed by atoms with Crippen molar-refractivity contribution >= 4 is 23.3 Å². The van der Waals surface area contributed by atoms with E-state index in [9.17, 15) is 23.7 Å². The molecule has 2 aromatic carbocycles. The summed E-state index contributed by atoms with van der Waals surface area (Å²) in [6.07, 6.45) is -1.63. The van der Waals surface area contributed by atoms with E-state index in [1.54, 1.807) is 20.8 Å². The molecular formula is C25H28ClF2NO7. The summed E-state index contributed by atoms with van der Waals surface area (Å²) in [5.41, 5.74) is -2.59. The summed E-state index contributed by atoms with van der Waals surface area (Å²) >= 11 is 6.01. The highest BCUT2D eigenvalue weighted by atomic mass is 35.5. The molecule has 8 nitrogen and oxygen atoms in total. The molecule has 1 aliphatic carbocycles. The van der Waals surface area contributed by atoms with Gasteiger partial charge in [-0.3, -0.25) is 10.1 Å². The number of carbonyl (C=O) groups is 1. The van der Waals surface area contributed by atoms with Gasteiger partial charge in [0.2, 0.25) is 0 Å². The first kappa shape index (κ1) is 27.8. The molecule has 0 amide bonds. The van der Waals surface area contributed by atoms with Gasteiger partial charge in [-0.15, -0.1) is 0 Å². The average Bonchev–Trinajstić information content (AvgIpc) is 2.79. The van der Waals surface area contributed by atoms with E-state index in [-0.39, 0.29) is 40.5 Å². The van der Waals surface area contributed by atoms with Crippen molar-refractivity contribution in [2.24, 2.45) is 0 Å². The summed E-state index contributed by atoms with van der Waals surface area (Å²) in [5, 5.41) is 11.9. The quantitative estimate of drug-likeness (QED) is 0.179. The minimum Gasteiger partial charge on any atom is -0.486 e. The van der Waals surface area contributed by atoms with Crippen molar-refractivity contribution < 1.29 is 37.4 Å². The van der Waals surface area contributed by atoms with Gasteiger partial charge in [-0.2, -0.15) is 0 Å². The van der Waals surface area contributed by atoms with Crippen molar-refractivity contribution in [1.82, 2.24) is 0 Å². The number of fused-ring (bicyclic) bond motifs is 1. The van der Waals surface area contributed by atoms with Crippen molar-refractivity contribution in [1.29, 1.82) is 0 Å². The number of alkyl halides is 2. The molecule has 0 saturated carbocycles. The van der Waals surface area contributed by atoms with Gasteiger partial charge in [0, 0.05) is 37.3 Å². The summed E-state index contributed by atoms with van der Waals surface area (Å²) in [4.78, 5) is 23.5. The van der Waals surface area contributed by atoms with Crippen LogP contribution in [0.2, 0.25) is 5.02 Å². The number of hydrogen-bond donors (Lipinski definition) is 0. The Labute approximate surface area is 212 Å². The summed E-state index contributed by atoms with van der Waals surface area (Å²) in [6, 6.07) is 7.83. The molecule has 0 N–H and O–H groups in total. The molecule has 0 heterocycles. The Kier molecular flexibility index (Phi) is 7.92. The number of nitrogens with zero attached hydrogens (tertiary/aromatic N) is 1. The lowest BCUT2D eigenvalue weighted by Gasteiger charge is -2.44. The Morgan fingerprint density at radius 2 is 1.78 bits per heavy atom. The van der Waals surface area contributed by atoms with Crippen LogP contribution in [-0.2, 0) is 25.5 Å². The Morgan fingerprint density at radius 3 is 2.36 bits per heavy atom. The number of rotatable bonds is 8. The SMILES string of the molecule is COC(OC)[C@]1(COc2ccc(C(=O)OC(C)(C)C)cc2[N+](=O)[O-])CCC(F)(F)c2cc(Cl)ccc21. The smallest absolute Gasteiger partial charge is 0.338 e. The van der Waals surface area contributed by atoms with Crippen LogP contribution in [0.1, 0.15) is 55.1 Å². The third-order valence-electron chi connectivity index (χ3n) is 5.95. The largest absolute Gasteiger partial charge is 0.486 e. The lowest BCUT2D eigenvalue weighted by molar-refractivity contribution is -0.386. The summed E-state index contributed by atoms with van der Waals surface area (Å²) in [6.45, 7) is 4.75. The van der Waals surface area contributed by atoms with E-state index in [1.807, 2.05) is 0 Å². The molecule has 0 fully saturated rings. The fourth-order valence-electron chi connectivity index (χ4n) is 4.37. The van der Waals surface area contributed by atoms with Crippen molar-refractivity contribution in [3.63, 3.8) is 0 Å². The second-order valence-corrected chi connectivity index (χ2v) is 10.0. The van der Waals surface area contributed by atoms with Crippen LogP contribution in [0.4, 0.5) is 14.5 Å². The first-order valence-electron chi connectivity index (χ1n) is 11.1. The van der Waals surface area contributed by atoms with Crippen LogP contribution in [0.3, 0.4) is 0 Å². The lowest BCUT2D eigenvalue weighted by atomic mass is 9.68. The van der Waals surface area contributed by atoms with Crippen molar-refractivity contribution in [2.45, 2.75) is 56.8 Å². The third kappa shape index (κ3) is 5.61. The van der Waals surface area contributed by atoms with Crippen LogP contribution in [0, 0.1) is 10.1 Å². The number of carbonyl (C=O) groups excluding carboxylic acids is 1. The van der Waals surface area contributed by atoms with Crippen molar-refractivity contribution in [3.8, 4) is 5.75 Å². The van der Waals surface area contributed by atoms with E-state index >= 15 is 0 Å². The number of halogens is 3. The summed E-state index contributed by atoms with van der Waals surface area (Å²) < 4.78 is 51.8. The van der Waals surface area contributed by atoms with Gasteiger partial charge in [-0.25, -0.2) is 13.6 Å². The maximum Gasteiger partial charge on any atom is 0.338 e. The lowest BCUT2D eigenvalue weighted by Crippen LogP contribution is -2.51. The maximum atomic E-state index is 14.8. The van der Waals surface area contributed by atoms with Crippen molar-refractivity contribution in [2.75, 3.05) is 20.8 Å². The van der Waals surface area contributed by atoms with E-state index < -0.39 is 46.2 Å². The van der Waals surface area contributed by atoms with E-state index in [4.69, 9.17) is 30.5 Å². The molecule has 3 rings (SSSR count). The zero-order valence-electron chi connectivity index (χ0n) is 20.6. The van der Waals surface area contributed by atoms with Gasteiger partial charge < -0.3 is 18.9 Å². The van der Waals surface area contributed by atoms with Crippen molar-refractivity contribution in [3.05, 3.63) is 68.2 Å². The van der Waals surface area contributed by atoms with Gasteiger partial charge in [0.05, 0.1) is 15.9 Å². The van der Waals surface area contributed by atoms with Gasteiger partial charge in [0.15, 0.2) is 12.0 Å². The van der Waals surface area contributed by atoms with Crippen LogP contribution >= 0.6 is 11.6 Å². The van der Waals surface area contributed by atoms with E-state index in [0.717, 1.165) is 6.07 Å². The molecule has 2 aromatic rings. The van der Waals surface area contributed by atoms with Crippen LogP contribution in [0.5, 0.6) is 5.75 Å². The van der Waals surface area contributed by atoms with E-state index in [0.29, 0.717) is 0 Å². The van der Waals surface area contributed by atoms with Gasteiger partial charge in [0.1, 0.15) is 12.2 Å². The molecule has 1 aliphatic rings. The van der Waals surface area contributed by atoms with Gasteiger partial charge in [-0.1, -0.05) is 17.7 Å². The molecule has 0 spiro atoms. The minimum atomic E-state index is -3.14. The molecule has 11 heteroatoms. The van der Waals surface area contributed by atoms with Gasteiger partial charge >= 0.3 is 11.7 Å². The molecule has 0 saturated heterocycles. The topological polar surface area (TPSA) is 97.1 Å². The first-order chi connectivity index (χ1) is 16.7. The second-order valence-electron chi connectivity index (χ2n) is 9.58. The first-order valence-corrected chi connectivity index (χ1v) is 11.5. The molecule has 0 radical (unpaired) electrons. The number of esters is 1. The van der Waals surface area contributed by atoms with Crippen LogP contribution in [0.15, 0.2) is 36.4 Å². The number of methoxy groups -OCH3 is 2. The predicted molar refractivity (Wildman–Crippen MR) is 128 cm³/mol. The number of nitro groups is 1. The second kappa shape index (κ2) is 10.3. The number of ether oxygens (including phenoxy) is 4. The molecule has 0 unspecified atom stereocenters. The molecule has 1 atom stereocenters. The highest BCUT2D eigenvalue weighted by Gasteiger charge is 2.53. The number of benzene rings is 2. The molecule has 0 aliphatic heterocycles. The van der Waals surface area contributed by atoms with Crippen LogP contribution in [-0.4, -0.2) is 43.6 Å². The highest BCUT2D eigenvalue weighted by molar-refractivity contribution is 6.30. The van der Waals surface area contributed by atoms with Crippen LogP contribution in [0.25, 0.3) is 0 Å². The molecule has 196 valence electrons. The fraction of sp³-hybridized carbons (Fsp3) is 0.480. The Balaban J connectivity index is 2.03. The third-order valence-corrected chi connectivity index (χ3v) is 6.19. The number of hydrogen-bond acceptors (Lipinski definition) is 7. The standard InChI is InChI=1S/C25H28ClF2NO7/c1-23(2,3)36-21(30)15-6-9-20(19(12-15)29(31)32)35-14-24(22(33-4)34-5)10-11-25(27,28)18-13-16(26)7-8-17(18)24/h6-9,12-13,22H,10-11,14H2,1-5H3/t24-/m0/s1. The zero-order chi connectivity index (χ0) is 26.9. The zero-order valence-corrected chi connectivity index (χ0v) is 21.4. The normalized spacial score (nSPS) is 19.0. The highest BCUT2D eigenvalue weighted by Crippen LogP contribution is 2.51. The Hall–Kier alpha value is -2.82. The molecule has 36 heavy (non-hydrogen) atoms. The number of nitro benzene ring substituents is 1. The van der Waals surface area contributed by atoms with E-state index in [2.05, 4.69) is 0 Å². The average molecular weight is 528 g/mol.